The van der Waals surface area contributed by atoms with Crippen molar-refractivity contribution in [3.8, 4) is 0 Å². The van der Waals surface area contributed by atoms with Crippen LogP contribution in [-0.4, -0.2) is 75.9 Å². The molecule has 1 spiro atoms. The number of nitrogens with one attached hydrogen (secondary N) is 2. The Hall–Kier alpha value is -2.42. The van der Waals surface area contributed by atoms with Crippen molar-refractivity contribution in [2.24, 2.45) is 0 Å². The van der Waals surface area contributed by atoms with Gasteiger partial charge in [0.25, 0.3) is 11.5 Å². The first-order valence-corrected chi connectivity index (χ1v) is 18.3. The van der Waals surface area contributed by atoms with Gasteiger partial charge in [0.2, 0.25) is 11.7 Å². The topological polar surface area (TPSA) is 239 Å². The highest BCUT2D eigenvalue weighted by molar-refractivity contribution is 8.44. The summed E-state index contributed by atoms with van der Waals surface area (Å²) >= 11 is 8.78. The minimum atomic E-state index is -4.19. The third-order valence-electron chi connectivity index (χ3n) is 7.03. The number of thiol groups is 1. The summed E-state index contributed by atoms with van der Waals surface area (Å²) in [4.78, 5) is 55.1. The summed E-state index contributed by atoms with van der Waals surface area (Å²) in [6, 6.07) is 0. The number of rotatable bonds is 12. The van der Waals surface area contributed by atoms with Gasteiger partial charge in [-0.05, 0) is 24.6 Å². The predicted molar refractivity (Wildman–Crippen MR) is 155 cm³/mol. The smallest absolute Gasteiger partial charge is 0.377 e. The lowest BCUT2D eigenvalue weighted by Crippen LogP contribution is -2.46. The normalized spacial score (nSPS) is 23.8. The second-order valence-corrected chi connectivity index (χ2v) is 15.6. The molecule has 4 aromatic rings. The second kappa shape index (κ2) is 11.7. The van der Waals surface area contributed by atoms with Crippen LogP contribution in [0.4, 0.5) is 10.3 Å². The fourth-order valence-corrected chi connectivity index (χ4v) is 6.84. The number of H-pyrrole nitrogens is 2. The Morgan fingerprint density at radius 3 is 2.80 bits per heavy atom. The second-order valence-electron chi connectivity index (χ2n) is 10.0. The van der Waals surface area contributed by atoms with Crippen molar-refractivity contribution in [2.75, 3.05) is 19.5 Å². The summed E-state index contributed by atoms with van der Waals surface area (Å²) in [5, 5.41) is 0. The first-order chi connectivity index (χ1) is 20.8. The maximum absolute atomic E-state index is 15.8. The van der Waals surface area contributed by atoms with Crippen LogP contribution in [0.3, 0.4) is 0 Å². The number of nitrogen functional groups attached to an aromatic ring is 1. The number of nitrogens with zero attached hydrogens (tertiary/aromatic N) is 6. The molecule has 0 radical (unpaired) electrons. The minimum Gasteiger partial charge on any atom is -0.377 e. The van der Waals surface area contributed by atoms with Gasteiger partial charge in [0.15, 0.2) is 30.1 Å². The average molecular weight is 695 g/mol. The molecule has 6 rings (SSSR count). The molecule has 0 amide bonds. The monoisotopic (exact) mass is 694 g/mol. The minimum absolute atomic E-state index is 0.0149. The molecule has 44 heavy (non-hydrogen) atoms. The molecule has 5 heterocycles. The van der Waals surface area contributed by atoms with Crippen molar-refractivity contribution >= 4 is 65.8 Å². The van der Waals surface area contributed by atoms with Gasteiger partial charge >= 0.3 is 19.2 Å². The highest BCUT2D eigenvalue weighted by Gasteiger charge is 2.66. The number of nitrogens with two attached hydrogens (primary N) is 1. The highest BCUT2D eigenvalue weighted by Crippen LogP contribution is 2.58. The van der Waals surface area contributed by atoms with Gasteiger partial charge in [0.1, 0.15) is 30.2 Å². The Bertz CT molecular complexity index is 1880. The zero-order valence-electron chi connectivity index (χ0n) is 22.8. The van der Waals surface area contributed by atoms with Crippen LogP contribution in [0, 0.1) is 0 Å². The molecule has 2 aliphatic rings. The van der Waals surface area contributed by atoms with Crippen LogP contribution < -0.4 is 15.9 Å². The van der Waals surface area contributed by atoms with Crippen LogP contribution in [0.2, 0.25) is 0 Å². The Morgan fingerprint density at radius 1 is 1.32 bits per heavy atom. The van der Waals surface area contributed by atoms with Gasteiger partial charge in [-0.1, -0.05) is 17.2 Å². The summed E-state index contributed by atoms with van der Waals surface area (Å²) in [7, 11) is 1.48. The number of anilines is 1. The molecule has 238 valence electrons. The zero-order valence-corrected chi connectivity index (χ0v) is 26.3. The first-order valence-electron chi connectivity index (χ1n) is 12.9. The molecule has 1 saturated carbocycles. The van der Waals surface area contributed by atoms with Crippen molar-refractivity contribution in [2.45, 2.75) is 56.7 Å². The molecule has 1 saturated heterocycles. The van der Waals surface area contributed by atoms with E-state index in [0.717, 1.165) is 0 Å². The van der Waals surface area contributed by atoms with Gasteiger partial charge in [-0.3, -0.25) is 23.8 Å². The summed E-state index contributed by atoms with van der Waals surface area (Å²) in [5.74, 6) is 0.365. The number of halogens is 1. The Morgan fingerprint density at radius 2 is 2.09 bits per heavy atom. The van der Waals surface area contributed by atoms with Crippen LogP contribution in [0.5, 0.6) is 0 Å². The van der Waals surface area contributed by atoms with Crippen molar-refractivity contribution in [3.05, 3.63) is 34.5 Å². The maximum Gasteiger partial charge on any atom is 0.383 e. The molecule has 23 heteroatoms. The van der Waals surface area contributed by atoms with Gasteiger partial charge in [-0.15, -0.1) is 0 Å². The molecular weight excluding hydrogens is 667 g/mol. The number of ether oxygens (including phenoxy) is 2. The standard InChI is InChI=1S/C21H26FN9O9P2S2/c1-36-7-11-24-6-10-16(27-11)30(4-5-37-41(33,34)43)12(26-10)8-38-42(35,44)40-14-15(22)21(2-3-21)39-19(14)31-9-25-13-17(31)28-20(23)29-18(13)32/h6,9,14-15,19H,2-5,7-8H2,1H3,(H6,23,28,29,32,33,34,35,43,44)/p+1/t14-,15+,19-,42?/m1/s1. The Kier molecular flexibility index (Phi) is 8.42. The largest absolute Gasteiger partial charge is 0.383 e. The number of hydrogen-bond donors (Lipinski definition) is 6. The molecule has 6 N–H and O–H groups in total. The number of aromatic nitrogens is 8. The van der Waals surface area contributed by atoms with E-state index in [9.17, 15) is 19.1 Å². The Labute approximate surface area is 257 Å². The third kappa shape index (κ3) is 6.32. The summed E-state index contributed by atoms with van der Waals surface area (Å²) in [5.41, 5.74) is 4.85. The van der Waals surface area contributed by atoms with E-state index >= 15 is 4.39 Å². The van der Waals surface area contributed by atoms with E-state index in [2.05, 4.69) is 42.2 Å². The predicted octanol–water partition coefficient (Wildman–Crippen LogP) is 0.672. The fourth-order valence-electron chi connectivity index (χ4n) is 4.96. The number of imidazole rings is 2. The molecule has 4 aromatic heterocycles. The van der Waals surface area contributed by atoms with E-state index in [4.69, 9.17) is 40.6 Å². The number of methoxy groups -OCH3 is 1. The SMILES string of the molecule is COCc1ncc2nc(COP(O)(=S)O[C@H]3[C@H]([n+]4c[nH]c5c(=O)[nH]c(N)nc54)OC4(CC4)[C@H]3F)n(CCOP(=O)(O)S)c2n1. The molecule has 2 unspecified atom stereocenters. The van der Waals surface area contributed by atoms with E-state index in [0.29, 0.717) is 29.8 Å². The van der Waals surface area contributed by atoms with Gasteiger partial charge in [0, 0.05) is 13.7 Å². The first kappa shape index (κ1) is 31.6. The van der Waals surface area contributed by atoms with Crippen LogP contribution in [0.15, 0.2) is 17.3 Å². The van der Waals surface area contributed by atoms with E-state index in [-0.39, 0.29) is 42.7 Å². The average Bonchev–Trinajstić information content (AvgIpc) is 3.37. The van der Waals surface area contributed by atoms with Crippen LogP contribution in [-0.2, 0) is 59.2 Å². The molecule has 1 aliphatic heterocycles. The molecule has 0 aromatic carbocycles. The van der Waals surface area contributed by atoms with Crippen LogP contribution in [0.1, 0.15) is 30.7 Å². The zero-order chi connectivity index (χ0) is 31.4. The van der Waals surface area contributed by atoms with Crippen LogP contribution in [0.25, 0.3) is 22.3 Å². The molecule has 1 aliphatic carbocycles. The summed E-state index contributed by atoms with van der Waals surface area (Å²) in [6.07, 6.45) is -0.694. The lowest BCUT2D eigenvalue weighted by atomic mass is 10.1. The molecule has 0 bridgehead atoms. The molecule has 18 nitrogen and oxygen atoms in total. The summed E-state index contributed by atoms with van der Waals surface area (Å²) in [6.45, 7) is -8.84. The van der Waals surface area contributed by atoms with Crippen molar-refractivity contribution in [1.29, 1.82) is 0 Å². The molecular formula is C21H27FN9O9P2S2+. The maximum atomic E-state index is 15.8. The lowest BCUT2D eigenvalue weighted by molar-refractivity contribution is -0.745. The number of aromatic amines is 2. The van der Waals surface area contributed by atoms with Gasteiger partial charge in [-0.25, -0.2) is 28.5 Å². The highest BCUT2D eigenvalue weighted by atomic mass is 32.7. The van der Waals surface area contributed by atoms with E-state index in [1.807, 2.05) is 0 Å². The quantitative estimate of drug-likeness (QED) is 0.0679. The van der Waals surface area contributed by atoms with Gasteiger partial charge in [0.05, 0.1) is 12.8 Å². The van der Waals surface area contributed by atoms with Crippen molar-refractivity contribution in [3.63, 3.8) is 0 Å². The molecule has 2 fully saturated rings. The van der Waals surface area contributed by atoms with E-state index in [1.54, 1.807) is 0 Å². The summed E-state index contributed by atoms with van der Waals surface area (Å²) < 4.78 is 57.5. The van der Waals surface area contributed by atoms with Gasteiger partial charge in [-0.2, -0.15) is 0 Å². The third-order valence-corrected chi connectivity index (χ3v) is 9.44. The number of alkyl halides is 1. The van der Waals surface area contributed by atoms with Crippen LogP contribution >= 0.6 is 25.8 Å². The number of fused-ring (bicyclic) bond motifs is 2. The van der Waals surface area contributed by atoms with E-state index in [1.165, 1.54) is 28.8 Å². The lowest BCUT2D eigenvalue weighted by Gasteiger charge is -2.23. The number of hydrogen-bond acceptors (Lipinski definition) is 13. The van der Waals surface area contributed by atoms with E-state index < -0.39 is 49.8 Å². The molecule has 5 atom stereocenters. The van der Waals surface area contributed by atoms with Crippen molar-refractivity contribution < 1.29 is 46.4 Å². The Balaban J connectivity index is 1.25. The van der Waals surface area contributed by atoms with Crippen molar-refractivity contribution in [1.82, 2.24) is 34.5 Å². The fraction of sp³-hybridized carbons (Fsp3) is 0.524. The van der Waals surface area contributed by atoms with Gasteiger partial charge < -0.3 is 34.1 Å².